The molecular weight excluding hydrogens is 762 g/mol. The second-order valence-corrected chi connectivity index (χ2v) is 12.8. The number of ether oxygens (including phenoxy) is 3. The quantitative estimate of drug-likeness (QED) is 0.172. The van der Waals surface area contributed by atoms with Crippen LogP contribution in [0.2, 0.25) is 5.02 Å². The Morgan fingerprint density at radius 2 is 1.71 bits per heavy atom. The molecule has 0 aliphatic rings. The van der Waals surface area contributed by atoms with Crippen molar-refractivity contribution in [3.05, 3.63) is 91.5 Å². The molecule has 0 atom stereocenters. The van der Waals surface area contributed by atoms with Crippen LogP contribution in [-0.2, 0) is 28.0 Å². The van der Waals surface area contributed by atoms with Crippen molar-refractivity contribution in [3.8, 4) is 17.4 Å². The summed E-state index contributed by atoms with van der Waals surface area (Å²) in [5.41, 5.74) is -4.01. The molecule has 16 nitrogen and oxygen atoms in total. The highest BCUT2D eigenvalue weighted by Gasteiger charge is 2.35. The lowest BCUT2D eigenvalue weighted by Gasteiger charge is -2.15. The number of halogens is 5. The smallest absolute Gasteiger partial charge is 0.431 e. The van der Waals surface area contributed by atoms with E-state index in [2.05, 4.69) is 20.3 Å². The minimum atomic E-state index is -4.86. The zero-order valence-electron chi connectivity index (χ0n) is 27.8. The number of benzene rings is 2. The van der Waals surface area contributed by atoms with E-state index >= 15 is 0 Å². The number of rotatable bonds is 10. The fourth-order valence-corrected chi connectivity index (χ4v) is 5.40. The van der Waals surface area contributed by atoms with E-state index in [9.17, 15) is 40.8 Å². The number of carbonyl (C=O) groups excluding carboxylic acids is 2. The number of aryl methyl sites for hydroxylation is 1. The van der Waals surface area contributed by atoms with E-state index in [0.717, 1.165) is 13.1 Å². The van der Waals surface area contributed by atoms with E-state index in [1.165, 1.54) is 37.4 Å². The van der Waals surface area contributed by atoms with Gasteiger partial charge in [0.15, 0.2) is 0 Å². The Labute approximate surface area is 303 Å². The molecule has 0 aliphatic carbocycles. The molecule has 0 fully saturated rings. The first-order valence-electron chi connectivity index (χ1n) is 14.6. The highest BCUT2D eigenvalue weighted by molar-refractivity contribution is 7.90. The number of anilines is 1. The zero-order chi connectivity index (χ0) is 39.0. The van der Waals surface area contributed by atoms with Crippen LogP contribution >= 0.6 is 23.2 Å². The average Bonchev–Trinajstić information content (AvgIpc) is 3.05. The van der Waals surface area contributed by atoms with Crippen LogP contribution in [0.15, 0.2) is 63.0 Å². The fourth-order valence-electron chi connectivity index (χ4n) is 4.07. The number of para-hydroxylation sites is 1. The third-order valence-corrected chi connectivity index (χ3v) is 8.07. The molecule has 2 heterocycles. The number of nitrogens with zero attached hydrogens (tertiary/aromatic N) is 5. The summed E-state index contributed by atoms with van der Waals surface area (Å²) in [4.78, 5) is 59.8. The Kier molecular flexibility index (Phi) is 13.7. The summed E-state index contributed by atoms with van der Waals surface area (Å²) >= 11 is 11.5. The largest absolute Gasteiger partial charge is 0.491 e. The number of hydrogen-bond donors (Lipinski definition) is 2. The van der Waals surface area contributed by atoms with Crippen LogP contribution in [0.4, 0.5) is 23.9 Å². The second-order valence-electron chi connectivity index (χ2n) is 10.4. The maximum Gasteiger partial charge on any atom is 0.431 e. The molecule has 0 radical (unpaired) electrons. The van der Waals surface area contributed by atoms with Gasteiger partial charge in [0.05, 0.1) is 35.4 Å². The highest BCUT2D eigenvalue weighted by atomic mass is 35.5. The van der Waals surface area contributed by atoms with Gasteiger partial charge in [0, 0.05) is 13.1 Å². The summed E-state index contributed by atoms with van der Waals surface area (Å²) in [6.45, 7) is 4.91. The molecule has 2 amide bonds. The highest BCUT2D eigenvalue weighted by Crippen LogP contribution is 2.27. The Bertz CT molecular complexity index is 2180. The molecule has 280 valence electrons. The molecule has 0 bridgehead atoms. The first-order valence-corrected chi connectivity index (χ1v) is 17.0. The Balaban J connectivity index is 0.000000280. The number of carbonyl (C=O) groups is 2. The van der Waals surface area contributed by atoms with Gasteiger partial charge in [-0.15, -0.1) is 11.6 Å². The van der Waals surface area contributed by atoms with Crippen LogP contribution in [0, 0.1) is 6.92 Å². The van der Waals surface area contributed by atoms with Crippen molar-refractivity contribution < 1.29 is 45.4 Å². The van der Waals surface area contributed by atoms with Gasteiger partial charge in [0.2, 0.25) is 5.95 Å². The third-order valence-electron chi connectivity index (χ3n) is 6.22. The molecule has 0 unspecified atom stereocenters. The topological polar surface area (TPSA) is 203 Å². The van der Waals surface area contributed by atoms with Crippen molar-refractivity contribution in [3.63, 3.8) is 0 Å². The molecule has 0 saturated heterocycles. The molecule has 22 heteroatoms. The number of urea groups is 1. The average molecular weight is 793 g/mol. The monoisotopic (exact) mass is 791 g/mol. The SMILES string of the molecule is CC(C)OC(=O)c1cc(-n2c(=O)cc(C(F)(F)F)n(C)c2=O)ccc1Cl.COc1nc(C)nc(NC(=O)NS(=O)(=O)c2ccccc2OCCCl)n1. The van der Waals surface area contributed by atoms with Gasteiger partial charge in [-0.2, -0.15) is 28.1 Å². The van der Waals surface area contributed by atoms with Crippen molar-refractivity contribution in [1.82, 2.24) is 28.8 Å². The summed E-state index contributed by atoms with van der Waals surface area (Å²) in [7, 11) is -1.96. The number of nitrogens with one attached hydrogen (secondary N) is 2. The fraction of sp³-hybridized carbons (Fsp3) is 0.300. The molecule has 4 aromatic rings. The first-order chi connectivity index (χ1) is 24.3. The minimum absolute atomic E-state index is 0.0104. The predicted octanol–water partition coefficient (Wildman–Crippen LogP) is 4.09. The summed E-state index contributed by atoms with van der Waals surface area (Å²) < 4.78 is 81.4. The molecular formula is C30H30Cl2F3N7O9S. The second kappa shape index (κ2) is 17.3. The molecule has 2 aromatic heterocycles. The van der Waals surface area contributed by atoms with Crippen LogP contribution in [0.3, 0.4) is 0 Å². The van der Waals surface area contributed by atoms with Crippen LogP contribution in [0.25, 0.3) is 5.69 Å². The van der Waals surface area contributed by atoms with E-state index in [1.807, 2.05) is 4.72 Å². The standard InChI is InChI=1S/C16H14ClF3N2O4.C14H16ClN5O5S/c1-8(2)26-14(24)10-6-9(4-5-11(10)17)22-13(23)7-12(16(18,19)20)21(3)15(22)25;1-9-16-12(19-14(17-9)24-2)18-13(21)20-26(22,23)11-6-4-3-5-10(11)25-8-7-15/h4-8H,1-3H3;3-6H,7-8H2,1-2H3,(H2,16,17,18,19,20,21). The molecule has 2 aromatic carbocycles. The van der Waals surface area contributed by atoms with Gasteiger partial charge in [-0.3, -0.25) is 14.7 Å². The molecule has 0 saturated carbocycles. The van der Waals surface area contributed by atoms with Crippen molar-refractivity contribution in [2.24, 2.45) is 7.05 Å². The summed E-state index contributed by atoms with van der Waals surface area (Å²) in [5, 5.41) is 2.22. The first kappa shape index (κ1) is 41.2. The number of methoxy groups -OCH3 is 1. The van der Waals surface area contributed by atoms with Gasteiger partial charge < -0.3 is 14.2 Å². The van der Waals surface area contributed by atoms with Crippen LogP contribution in [0.5, 0.6) is 11.8 Å². The summed E-state index contributed by atoms with van der Waals surface area (Å²) in [6.07, 6.45) is -5.30. The number of sulfonamides is 1. The normalized spacial score (nSPS) is 11.3. The molecule has 52 heavy (non-hydrogen) atoms. The Morgan fingerprint density at radius 1 is 1.04 bits per heavy atom. The van der Waals surface area contributed by atoms with Gasteiger partial charge in [0.1, 0.15) is 28.8 Å². The van der Waals surface area contributed by atoms with Crippen LogP contribution in [0.1, 0.15) is 35.7 Å². The number of hydrogen-bond acceptors (Lipinski definition) is 12. The summed E-state index contributed by atoms with van der Waals surface area (Å²) in [6, 6.07) is 8.70. The molecule has 2 N–H and O–H groups in total. The van der Waals surface area contributed by atoms with Crippen molar-refractivity contribution in [2.45, 2.75) is 37.9 Å². The lowest BCUT2D eigenvalue weighted by Crippen LogP contribution is -2.40. The van der Waals surface area contributed by atoms with Gasteiger partial charge in [-0.25, -0.2) is 32.1 Å². The van der Waals surface area contributed by atoms with Crippen molar-refractivity contribution >= 4 is 51.2 Å². The lowest BCUT2D eigenvalue weighted by atomic mass is 10.2. The molecule has 4 rings (SSSR count). The van der Waals surface area contributed by atoms with Crippen molar-refractivity contribution in [1.29, 1.82) is 0 Å². The zero-order valence-corrected chi connectivity index (χ0v) is 30.1. The molecule has 0 aliphatic heterocycles. The number of aromatic nitrogens is 5. The predicted molar refractivity (Wildman–Crippen MR) is 181 cm³/mol. The lowest BCUT2D eigenvalue weighted by molar-refractivity contribution is -0.144. The van der Waals surface area contributed by atoms with Crippen LogP contribution < -0.4 is 30.8 Å². The van der Waals surface area contributed by atoms with Gasteiger partial charge in [-0.1, -0.05) is 23.7 Å². The van der Waals surface area contributed by atoms with Gasteiger partial charge >= 0.3 is 29.9 Å². The van der Waals surface area contributed by atoms with Gasteiger partial charge in [-0.05, 0) is 51.1 Å². The molecule has 0 spiro atoms. The van der Waals surface area contributed by atoms with E-state index in [-0.39, 0.29) is 57.2 Å². The van der Waals surface area contributed by atoms with Crippen molar-refractivity contribution in [2.75, 3.05) is 24.9 Å². The van der Waals surface area contributed by atoms with E-state index < -0.39 is 51.2 Å². The Morgan fingerprint density at radius 3 is 2.33 bits per heavy atom. The van der Waals surface area contributed by atoms with E-state index in [0.29, 0.717) is 15.2 Å². The maximum absolute atomic E-state index is 12.9. The van der Waals surface area contributed by atoms with E-state index in [1.54, 1.807) is 26.8 Å². The number of amides is 2. The minimum Gasteiger partial charge on any atom is -0.491 e. The maximum atomic E-state index is 12.9. The Hall–Kier alpha value is -5.21. The van der Waals surface area contributed by atoms with E-state index in [4.69, 9.17) is 37.4 Å². The number of alkyl halides is 4. The van der Waals surface area contributed by atoms with Gasteiger partial charge in [0.25, 0.3) is 15.6 Å². The summed E-state index contributed by atoms with van der Waals surface area (Å²) in [5.74, 6) is -0.402. The third kappa shape index (κ3) is 10.7. The van der Waals surface area contributed by atoms with Crippen LogP contribution in [-0.4, -0.2) is 70.2 Å². The number of esters is 1.